The van der Waals surface area contributed by atoms with Crippen molar-refractivity contribution in [1.29, 1.82) is 0 Å². The van der Waals surface area contributed by atoms with Crippen molar-refractivity contribution in [2.45, 2.75) is 19.5 Å². The van der Waals surface area contributed by atoms with Crippen LogP contribution < -0.4 is 10.6 Å². The second-order valence-corrected chi connectivity index (χ2v) is 4.43. The third kappa shape index (κ3) is 5.44. The van der Waals surface area contributed by atoms with Crippen LogP contribution in [-0.4, -0.2) is 37.1 Å². The summed E-state index contributed by atoms with van der Waals surface area (Å²) in [6.45, 7) is 2.73. The number of nitro groups is 1. The van der Waals surface area contributed by atoms with E-state index < -0.39 is 22.5 Å². The molecule has 21 heavy (non-hydrogen) atoms. The molecule has 0 radical (unpaired) electrons. The molecule has 1 amide bonds. The molecule has 0 heterocycles. The van der Waals surface area contributed by atoms with Gasteiger partial charge in [0.2, 0.25) is 11.7 Å². The van der Waals surface area contributed by atoms with Gasteiger partial charge in [-0.2, -0.15) is 4.39 Å². The van der Waals surface area contributed by atoms with Gasteiger partial charge in [0.1, 0.15) is 0 Å². The highest BCUT2D eigenvalue weighted by molar-refractivity contribution is 5.81. The van der Waals surface area contributed by atoms with Crippen LogP contribution in [0.2, 0.25) is 0 Å². The third-order valence-electron chi connectivity index (χ3n) is 2.82. The van der Waals surface area contributed by atoms with Gasteiger partial charge < -0.3 is 15.4 Å². The van der Waals surface area contributed by atoms with Crippen molar-refractivity contribution >= 4 is 11.6 Å². The van der Waals surface area contributed by atoms with E-state index in [4.69, 9.17) is 4.74 Å². The molecule has 0 saturated heterocycles. The number of hydrogen-bond acceptors (Lipinski definition) is 5. The molecule has 1 rings (SSSR count). The molecule has 0 aliphatic carbocycles. The first-order valence-corrected chi connectivity index (χ1v) is 6.38. The molecule has 0 aliphatic rings. The minimum atomic E-state index is -0.892. The van der Waals surface area contributed by atoms with E-state index in [1.807, 2.05) is 0 Å². The van der Waals surface area contributed by atoms with Gasteiger partial charge in [-0.05, 0) is 18.6 Å². The fourth-order valence-corrected chi connectivity index (χ4v) is 1.60. The zero-order valence-corrected chi connectivity index (χ0v) is 11.9. The van der Waals surface area contributed by atoms with Gasteiger partial charge in [-0.15, -0.1) is 0 Å². The van der Waals surface area contributed by atoms with E-state index in [1.54, 1.807) is 6.92 Å². The number of hydrogen-bond donors (Lipinski definition) is 2. The molecular formula is C13H18FN3O4. The number of carbonyl (C=O) groups excluding carboxylic acids is 1. The summed E-state index contributed by atoms with van der Waals surface area (Å²) in [5.41, 5.74) is -0.0428. The molecule has 8 heteroatoms. The smallest absolute Gasteiger partial charge is 0.304 e. The fraction of sp³-hybridized carbons (Fsp3) is 0.462. The molecule has 1 unspecified atom stereocenters. The van der Waals surface area contributed by atoms with Gasteiger partial charge in [-0.3, -0.25) is 14.9 Å². The summed E-state index contributed by atoms with van der Waals surface area (Å²) in [5.74, 6) is -1.09. The van der Waals surface area contributed by atoms with Crippen LogP contribution in [-0.2, 0) is 16.1 Å². The van der Waals surface area contributed by atoms with Crippen LogP contribution in [0.1, 0.15) is 12.5 Å². The van der Waals surface area contributed by atoms with Gasteiger partial charge in [-0.25, -0.2) is 0 Å². The minimum Gasteiger partial charge on any atom is -0.383 e. The highest BCUT2D eigenvalue weighted by atomic mass is 19.1. The molecule has 0 aromatic heterocycles. The van der Waals surface area contributed by atoms with Crippen LogP contribution in [0.4, 0.5) is 10.1 Å². The number of rotatable bonds is 8. The Labute approximate surface area is 121 Å². The Bertz CT molecular complexity index is 510. The van der Waals surface area contributed by atoms with E-state index in [0.717, 1.165) is 12.1 Å². The second-order valence-electron chi connectivity index (χ2n) is 4.43. The lowest BCUT2D eigenvalue weighted by atomic mass is 10.2. The van der Waals surface area contributed by atoms with Crippen LogP contribution >= 0.6 is 0 Å². The SMILES string of the molecule is COCCNC(=O)C(C)NCc1ccc([N+](=O)[O-])c(F)c1. The standard InChI is InChI=1S/C13H18FN3O4/c1-9(13(18)15-5-6-21-2)16-8-10-3-4-12(17(19)20)11(14)7-10/h3-4,7,9,16H,5-6,8H2,1-2H3,(H,15,18). The number of nitrogens with zero attached hydrogens (tertiary/aromatic N) is 1. The van der Waals surface area contributed by atoms with Crippen molar-refractivity contribution in [3.63, 3.8) is 0 Å². The zero-order chi connectivity index (χ0) is 15.8. The Balaban J connectivity index is 2.49. The normalized spacial score (nSPS) is 12.0. The zero-order valence-electron chi connectivity index (χ0n) is 11.9. The third-order valence-corrected chi connectivity index (χ3v) is 2.82. The number of amides is 1. The van der Waals surface area contributed by atoms with Gasteiger partial charge in [0.05, 0.1) is 17.6 Å². The maximum atomic E-state index is 13.4. The Morgan fingerprint density at radius 2 is 2.24 bits per heavy atom. The van der Waals surface area contributed by atoms with Crippen molar-refractivity contribution < 1.29 is 18.8 Å². The topological polar surface area (TPSA) is 93.5 Å². The van der Waals surface area contributed by atoms with Crippen molar-refractivity contribution in [1.82, 2.24) is 10.6 Å². The molecule has 0 fully saturated rings. The van der Waals surface area contributed by atoms with Crippen molar-refractivity contribution in [2.75, 3.05) is 20.3 Å². The van der Waals surface area contributed by atoms with E-state index in [9.17, 15) is 19.3 Å². The molecule has 0 aliphatic heterocycles. The molecule has 0 spiro atoms. The van der Waals surface area contributed by atoms with Crippen LogP contribution in [0.5, 0.6) is 0 Å². The number of nitrogens with one attached hydrogen (secondary N) is 2. The largest absolute Gasteiger partial charge is 0.383 e. The fourth-order valence-electron chi connectivity index (χ4n) is 1.60. The molecule has 7 nitrogen and oxygen atoms in total. The first-order valence-electron chi connectivity index (χ1n) is 6.38. The maximum Gasteiger partial charge on any atom is 0.304 e. The Morgan fingerprint density at radius 1 is 1.52 bits per heavy atom. The molecule has 116 valence electrons. The van der Waals surface area contributed by atoms with E-state index in [0.29, 0.717) is 18.7 Å². The number of carbonyl (C=O) groups is 1. The minimum absolute atomic E-state index is 0.200. The van der Waals surface area contributed by atoms with E-state index in [-0.39, 0.29) is 12.5 Å². The number of nitro benzene ring substituents is 1. The predicted octanol–water partition coefficient (Wildman–Crippen LogP) is 0.975. The first-order chi connectivity index (χ1) is 9.95. The second kappa shape index (κ2) is 8.28. The van der Waals surface area contributed by atoms with Gasteiger partial charge in [0, 0.05) is 26.3 Å². The number of halogens is 1. The van der Waals surface area contributed by atoms with Crippen molar-refractivity contribution in [2.24, 2.45) is 0 Å². The number of ether oxygens (including phenoxy) is 1. The lowest BCUT2D eigenvalue weighted by Crippen LogP contribution is -2.42. The van der Waals surface area contributed by atoms with Gasteiger partial charge in [-0.1, -0.05) is 6.07 Å². The summed E-state index contributed by atoms with van der Waals surface area (Å²) in [4.78, 5) is 21.4. The lowest BCUT2D eigenvalue weighted by molar-refractivity contribution is -0.387. The maximum absolute atomic E-state index is 13.4. The van der Waals surface area contributed by atoms with Gasteiger partial charge in [0.15, 0.2) is 0 Å². The molecular weight excluding hydrogens is 281 g/mol. The summed E-state index contributed by atoms with van der Waals surface area (Å²) in [5, 5.41) is 16.1. The molecule has 1 atom stereocenters. The predicted molar refractivity (Wildman–Crippen MR) is 74.2 cm³/mol. The highest BCUT2D eigenvalue weighted by Gasteiger charge is 2.15. The van der Waals surface area contributed by atoms with Crippen LogP contribution in [0, 0.1) is 15.9 Å². The van der Waals surface area contributed by atoms with Crippen LogP contribution in [0.15, 0.2) is 18.2 Å². The van der Waals surface area contributed by atoms with E-state index >= 15 is 0 Å². The van der Waals surface area contributed by atoms with Crippen LogP contribution in [0.25, 0.3) is 0 Å². The van der Waals surface area contributed by atoms with Gasteiger partial charge >= 0.3 is 5.69 Å². The average Bonchev–Trinajstić information content (AvgIpc) is 2.44. The monoisotopic (exact) mass is 299 g/mol. The van der Waals surface area contributed by atoms with E-state index in [2.05, 4.69) is 10.6 Å². The first kappa shape index (κ1) is 17.0. The summed E-state index contributed by atoms with van der Waals surface area (Å²) >= 11 is 0. The number of methoxy groups -OCH3 is 1. The highest BCUT2D eigenvalue weighted by Crippen LogP contribution is 2.17. The van der Waals surface area contributed by atoms with E-state index in [1.165, 1.54) is 13.2 Å². The summed E-state index contributed by atoms with van der Waals surface area (Å²) in [6.07, 6.45) is 0. The summed E-state index contributed by atoms with van der Waals surface area (Å²) in [6, 6.07) is 3.17. The number of benzene rings is 1. The summed E-state index contributed by atoms with van der Waals surface area (Å²) < 4.78 is 18.2. The molecule has 0 saturated carbocycles. The lowest BCUT2D eigenvalue weighted by Gasteiger charge is -2.14. The van der Waals surface area contributed by atoms with Gasteiger partial charge in [0.25, 0.3) is 0 Å². The average molecular weight is 299 g/mol. The Morgan fingerprint density at radius 3 is 2.81 bits per heavy atom. The molecule has 1 aromatic rings. The molecule has 2 N–H and O–H groups in total. The van der Waals surface area contributed by atoms with Crippen molar-refractivity contribution in [3.8, 4) is 0 Å². The molecule has 1 aromatic carbocycles. The molecule has 0 bridgehead atoms. The Hall–Kier alpha value is -2.06. The quantitative estimate of drug-likeness (QED) is 0.424. The Kier molecular flexibility index (Phi) is 6.70. The summed E-state index contributed by atoms with van der Waals surface area (Å²) in [7, 11) is 1.54. The van der Waals surface area contributed by atoms with Crippen molar-refractivity contribution in [3.05, 3.63) is 39.7 Å². The van der Waals surface area contributed by atoms with Crippen LogP contribution in [0.3, 0.4) is 0 Å².